The quantitative estimate of drug-likeness (QED) is 0.835. The Labute approximate surface area is 126 Å². The van der Waals surface area contributed by atoms with Crippen molar-refractivity contribution >= 4 is 11.3 Å². The second-order valence-corrected chi connectivity index (χ2v) is 6.21. The van der Waals surface area contributed by atoms with Gasteiger partial charge in [0.15, 0.2) is 0 Å². The smallest absolute Gasteiger partial charge is 0.0413 e. The van der Waals surface area contributed by atoms with Crippen LogP contribution in [0.25, 0.3) is 0 Å². The van der Waals surface area contributed by atoms with Gasteiger partial charge in [-0.1, -0.05) is 30.3 Å². The minimum atomic E-state index is 0.465. The van der Waals surface area contributed by atoms with E-state index >= 15 is 0 Å². The fourth-order valence-electron chi connectivity index (χ4n) is 2.37. The molecule has 0 spiro atoms. The van der Waals surface area contributed by atoms with Gasteiger partial charge in [0, 0.05) is 17.5 Å². The molecule has 0 saturated heterocycles. The Morgan fingerprint density at radius 2 is 1.90 bits per heavy atom. The highest BCUT2D eigenvalue weighted by Crippen LogP contribution is 2.25. The first kappa shape index (κ1) is 15.2. The van der Waals surface area contributed by atoms with Crippen molar-refractivity contribution in [3.05, 3.63) is 57.8 Å². The third kappa shape index (κ3) is 3.92. The largest absolute Gasteiger partial charge is 0.319 e. The molecule has 2 nitrogen and oxygen atoms in total. The first-order valence-electron chi connectivity index (χ1n) is 7.17. The maximum atomic E-state index is 3.23. The van der Waals surface area contributed by atoms with Crippen LogP contribution in [0.2, 0.25) is 0 Å². The molecule has 2 aromatic rings. The summed E-state index contributed by atoms with van der Waals surface area (Å²) in [5, 5.41) is 5.38. The van der Waals surface area contributed by atoms with Crippen LogP contribution < -0.4 is 5.32 Å². The van der Waals surface area contributed by atoms with Crippen molar-refractivity contribution in [3.8, 4) is 0 Å². The van der Waals surface area contributed by atoms with Crippen LogP contribution in [0, 0.1) is 0 Å². The van der Waals surface area contributed by atoms with Gasteiger partial charge in [-0.15, -0.1) is 11.3 Å². The lowest BCUT2D eigenvalue weighted by Crippen LogP contribution is -2.22. The number of hydrogen-bond acceptors (Lipinski definition) is 3. The van der Waals surface area contributed by atoms with E-state index in [0.29, 0.717) is 6.04 Å². The molecule has 0 fully saturated rings. The lowest BCUT2D eigenvalue weighted by molar-refractivity contribution is 0.255. The van der Waals surface area contributed by atoms with Gasteiger partial charge >= 0.3 is 0 Å². The molecular formula is C17H24N2S. The molecule has 0 bridgehead atoms. The summed E-state index contributed by atoms with van der Waals surface area (Å²) >= 11 is 1.84. The third-order valence-corrected chi connectivity index (χ3v) is 4.84. The first-order chi connectivity index (χ1) is 9.72. The molecule has 0 aliphatic carbocycles. The maximum Gasteiger partial charge on any atom is 0.0413 e. The fourth-order valence-corrected chi connectivity index (χ4v) is 3.22. The van der Waals surface area contributed by atoms with Gasteiger partial charge in [-0.2, -0.15) is 0 Å². The fraction of sp³-hybridized carbons (Fsp3) is 0.412. The van der Waals surface area contributed by atoms with Crippen molar-refractivity contribution in [2.24, 2.45) is 0 Å². The molecule has 1 aromatic carbocycles. The Bertz CT molecular complexity index is 507. The van der Waals surface area contributed by atoms with Crippen molar-refractivity contribution in [2.45, 2.75) is 25.9 Å². The van der Waals surface area contributed by atoms with Gasteiger partial charge in [-0.25, -0.2) is 0 Å². The van der Waals surface area contributed by atoms with Crippen LogP contribution in [0.5, 0.6) is 0 Å². The Morgan fingerprint density at radius 1 is 1.15 bits per heavy atom. The SMILES string of the molecule is CNCCc1ccccc1CN(C)C(C)c1cccs1. The Morgan fingerprint density at radius 3 is 2.55 bits per heavy atom. The van der Waals surface area contributed by atoms with E-state index in [9.17, 15) is 0 Å². The van der Waals surface area contributed by atoms with Gasteiger partial charge in [-0.3, -0.25) is 4.90 Å². The van der Waals surface area contributed by atoms with Crippen molar-refractivity contribution in [2.75, 3.05) is 20.6 Å². The van der Waals surface area contributed by atoms with Crippen molar-refractivity contribution in [1.29, 1.82) is 0 Å². The number of rotatable bonds is 7. The average Bonchev–Trinajstić information content (AvgIpc) is 2.99. The van der Waals surface area contributed by atoms with E-state index in [4.69, 9.17) is 0 Å². The summed E-state index contributed by atoms with van der Waals surface area (Å²) in [6.45, 7) is 4.31. The zero-order valence-corrected chi connectivity index (χ0v) is 13.4. The summed E-state index contributed by atoms with van der Waals surface area (Å²) in [7, 11) is 4.22. The molecule has 1 heterocycles. The molecule has 0 aliphatic heterocycles. The topological polar surface area (TPSA) is 15.3 Å². The number of nitrogens with one attached hydrogen (secondary N) is 1. The summed E-state index contributed by atoms with van der Waals surface area (Å²) in [4.78, 5) is 3.85. The zero-order chi connectivity index (χ0) is 14.4. The Hall–Kier alpha value is -1.16. The molecule has 3 heteroatoms. The van der Waals surface area contributed by atoms with E-state index in [1.807, 2.05) is 18.4 Å². The van der Waals surface area contributed by atoms with Gasteiger partial charge in [0.25, 0.3) is 0 Å². The highest BCUT2D eigenvalue weighted by molar-refractivity contribution is 7.10. The van der Waals surface area contributed by atoms with Gasteiger partial charge in [-0.05, 0) is 56.6 Å². The van der Waals surface area contributed by atoms with Crippen LogP contribution in [0.15, 0.2) is 41.8 Å². The van der Waals surface area contributed by atoms with Crippen molar-refractivity contribution < 1.29 is 0 Å². The molecule has 2 rings (SSSR count). The molecule has 0 saturated carbocycles. The van der Waals surface area contributed by atoms with Gasteiger partial charge in [0.2, 0.25) is 0 Å². The molecule has 1 N–H and O–H groups in total. The highest BCUT2D eigenvalue weighted by Gasteiger charge is 2.14. The second kappa shape index (κ2) is 7.58. The predicted molar refractivity (Wildman–Crippen MR) is 88.3 cm³/mol. The van der Waals surface area contributed by atoms with Crippen molar-refractivity contribution in [1.82, 2.24) is 10.2 Å². The summed E-state index contributed by atoms with van der Waals surface area (Å²) in [5.41, 5.74) is 2.89. The van der Waals surface area contributed by atoms with E-state index in [2.05, 4.69) is 66.0 Å². The van der Waals surface area contributed by atoms with E-state index in [-0.39, 0.29) is 0 Å². The Kier molecular flexibility index (Phi) is 5.77. The summed E-state index contributed by atoms with van der Waals surface area (Å²) < 4.78 is 0. The van der Waals surface area contributed by atoms with Crippen molar-refractivity contribution in [3.63, 3.8) is 0 Å². The lowest BCUT2D eigenvalue weighted by Gasteiger charge is -2.25. The van der Waals surface area contributed by atoms with Crippen LogP contribution in [-0.2, 0) is 13.0 Å². The number of likely N-dealkylation sites (N-methyl/N-ethyl adjacent to an activating group) is 1. The summed E-state index contributed by atoms with van der Waals surface area (Å²) in [6, 6.07) is 13.6. The highest BCUT2D eigenvalue weighted by atomic mass is 32.1. The molecule has 1 aromatic heterocycles. The standard InChI is InChI=1S/C17H24N2S/c1-14(17-9-6-12-20-17)19(3)13-16-8-5-4-7-15(16)10-11-18-2/h4-9,12,14,18H,10-11,13H2,1-3H3. The van der Waals surface area contributed by atoms with E-state index in [1.54, 1.807) is 0 Å². The second-order valence-electron chi connectivity index (χ2n) is 5.23. The van der Waals surface area contributed by atoms with Crippen LogP contribution in [0.1, 0.15) is 29.0 Å². The average molecular weight is 288 g/mol. The van der Waals surface area contributed by atoms with Gasteiger partial charge in [0.05, 0.1) is 0 Å². The van der Waals surface area contributed by atoms with E-state index in [0.717, 1.165) is 19.5 Å². The summed E-state index contributed by atoms with van der Waals surface area (Å²) in [5.74, 6) is 0. The van der Waals surface area contributed by atoms with Crippen LogP contribution >= 0.6 is 11.3 Å². The normalized spacial score (nSPS) is 12.8. The molecule has 0 amide bonds. The molecule has 20 heavy (non-hydrogen) atoms. The Balaban J connectivity index is 2.05. The number of nitrogens with zero attached hydrogens (tertiary/aromatic N) is 1. The number of hydrogen-bond donors (Lipinski definition) is 1. The van der Waals surface area contributed by atoms with Gasteiger partial charge in [0.1, 0.15) is 0 Å². The zero-order valence-electron chi connectivity index (χ0n) is 12.6. The molecule has 0 aliphatic rings. The third-order valence-electron chi connectivity index (χ3n) is 3.80. The minimum Gasteiger partial charge on any atom is -0.319 e. The minimum absolute atomic E-state index is 0.465. The predicted octanol–water partition coefficient (Wildman–Crippen LogP) is 3.70. The molecular weight excluding hydrogens is 264 g/mol. The molecule has 1 atom stereocenters. The molecule has 0 radical (unpaired) electrons. The number of thiophene rings is 1. The maximum absolute atomic E-state index is 3.23. The first-order valence-corrected chi connectivity index (χ1v) is 8.05. The number of benzene rings is 1. The monoisotopic (exact) mass is 288 g/mol. The van der Waals surface area contributed by atoms with Crippen LogP contribution in [-0.4, -0.2) is 25.5 Å². The summed E-state index contributed by atoms with van der Waals surface area (Å²) in [6.07, 6.45) is 1.09. The van der Waals surface area contributed by atoms with Crippen LogP contribution in [0.4, 0.5) is 0 Å². The lowest BCUT2D eigenvalue weighted by atomic mass is 10.0. The van der Waals surface area contributed by atoms with Crippen LogP contribution in [0.3, 0.4) is 0 Å². The van der Waals surface area contributed by atoms with E-state index in [1.165, 1.54) is 16.0 Å². The molecule has 1 unspecified atom stereocenters. The van der Waals surface area contributed by atoms with E-state index < -0.39 is 0 Å². The van der Waals surface area contributed by atoms with Gasteiger partial charge < -0.3 is 5.32 Å². The molecule has 108 valence electrons.